The molecule has 0 unspecified atom stereocenters. The van der Waals surface area contributed by atoms with Gasteiger partial charge in [-0.1, -0.05) is 32.0 Å². The van der Waals surface area contributed by atoms with Gasteiger partial charge in [-0.05, 0) is 29.7 Å². The van der Waals surface area contributed by atoms with E-state index in [4.69, 9.17) is 4.42 Å². The number of fused-ring (bicyclic) bond motifs is 1. The van der Waals surface area contributed by atoms with E-state index in [0.717, 1.165) is 11.3 Å². The molecule has 0 saturated heterocycles. The Morgan fingerprint density at radius 2 is 2.06 bits per heavy atom. The van der Waals surface area contributed by atoms with Gasteiger partial charge in [-0.15, -0.1) is 11.3 Å². The van der Waals surface area contributed by atoms with E-state index in [9.17, 15) is 20.2 Å². The highest BCUT2D eigenvalue weighted by Crippen LogP contribution is 2.29. The molecule has 2 heterocycles. The average Bonchev–Trinajstić information content (AvgIpc) is 3.28. The molecule has 0 aliphatic rings. The summed E-state index contributed by atoms with van der Waals surface area (Å²) in [6, 6.07) is 15.5. The van der Waals surface area contributed by atoms with Crippen molar-refractivity contribution in [3.63, 3.8) is 0 Å². The minimum Gasteiger partial charge on any atom is -0.422 e. The Kier molecular flexibility index (Phi) is 6.02. The summed E-state index contributed by atoms with van der Waals surface area (Å²) in [4.78, 5) is 27.5. The Bertz CT molecular complexity index is 1490. The molecule has 0 radical (unpaired) electrons. The van der Waals surface area contributed by atoms with Crippen LogP contribution in [0.3, 0.4) is 0 Å². The van der Waals surface area contributed by atoms with Gasteiger partial charge >= 0.3 is 5.63 Å². The van der Waals surface area contributed by atoms with Crippen LogP contribution in [0.15, 0.2) is 69.3 Å². The van der Waals surface area contributed by atoms with E-state index < -0.39 is 10.5 Å². The van der Waals surface area contributed by atoms with Crippen LogP contribution in [0.2, 0.25) is 0 Å². The number of nitro groups is 1. The van der Waals surface area contributed by atoms with Crippen molar-refractivity contribution in [3.05, 3.63) is 91.2 Å². The van der Waals surface area contributed by atoms with Gasteiger partial charge in [-0.3, -0.25) is 10.1 Å². The lowest BCUT2D eigenvalue weighted by molar-refractivity contribution is -0.384. The third-order valence-electron chi connectivity index (χ3n) is 5.01. The van der Waals surface area contributed by atoms with E-state index in [2.05, 4.69) is 30.2 Å². The number of nitro benzene ring substituents is 1. The van der Waals surface area contributed by atoms with Crippen LogP contribution in [0, 0.1) is 21.4 Å². The summed E-state index contributed by atoms with van der Waals surface area (Å²) < 4.78 is 5.31. The average molecular weight is 458 g/mol. The van der Waals surface area contributed by atoms with Crippen molar-refractivity contribution in [2.75, 3.05) is 5.32 Å². The van der Waals surface area contributed by atoms with Crippen molar-refractivity contribution in [2.24, 2.45) is 0 Å². The number of non-ortho nitro benzene ring substituents is 1. The summed E-state index contributed by atoms with van der Waals surface area (Å²) in [5.74, 6) is 0.307. The maximum absolute atomic E-state index is 12.5. The van der Waals surface area contributed by atoms with Gasteiger partial charge in [0.2, 0.25) is 0 Å². The molecule has 0 saturated carbocycles. The fourth-order valence-corrected chi connectivity index (χ4v) is 4.13. The highest BCUT2D eigenvalue weighted by Gasteiger charge is 2.16. The van der Waals surface area contributed by atoms with E-state index in [1.807, 2.05) is 24.3 Å². The minimum absolute atomic E-state index is 0.108. The molecule has 2 aromatic heterocycles. The first-order chi connectivity index (χ1) is 15.9. The number of benzene rings is 2. The molecule has 0 aliphatic heterocycles. The molecule has 0 amide bonds. The maximum Gasteiger partial charge on any atom is 0.345 e. The lowest BCUT2D eigenvalue weighted by atomic mass is 10.0. The highest BCUT2D eigenvalue weighted by molar-refractivity contribution is 7.11. The number of thiazole rings is 1. The Labute approximate surface area is 192 Å². The zero-order valence-electron chi connectivity index (χ0n) is 17.7. The normalized spacial score (nSPS) is 11.5. The number of anilines is 1. The minimum atomic E-state index is -0.611. The van der Waals surface area contributed by atoms with Gasteiger partial charge in [0.25, 0.3) is 5.69 Å². The first-order valence-electron chi connectivity index (χ1n) is 10.0. The number of rotatable bonds is 6. The van der Waals surface area contributed by atoms with Crippen LogP contribution < -0.4 is 10.9 Å². The smallest absolute Gasteiger partial charge is 0.345 e. The van der Waals surface area contributed by atoms with E-state index in [0.29, 0.717) is 27.6 Å². The molecule has 4 aromatic rings. The molecule has 0 aliphatic carbocycles. The van der Waals surface area contributed by atoms with E-state index >= 15 is 0 Å². The molecule has 9 heteroatoms. The summed E-state index contributed by atoms with van der Waals surface area (Å²) in [6.45, 7) is 4.18. The van der Waals surface area contributed by atoms with E-state index in [-0.39, 0.29) is 16.8 Å². The molecular formula is C24H18N4O4S. The number of nitriles is 1. The summed E-state index contributed by atoms with van der Waals surface area (Å²) >= 11 is 1.21. The number of allylic oxidation sites excluding steroid dienone is 1. The Morgan fingerprint density at radius 1 is 1.27 bits per heavy atom. The summed E-state index contributed by atoms with van der Waals surface area (Å²) in [7, 11) is 0. The molecule has 0 spiro atoms. The lowest BCUT2D eigenvalue weighted by Crippen LogP contribution is -2.03. The largest absolute Gasteiger partial charge is 0.422 e. The van der Waals surface area contributed by atoms with Crippen molar-refractivity contribution in [1.82, 2.24) is 4.98 Å². The molecule has 1 N–H and O–H groups in total. The van der Waals surface area contributed by atoms with Crippen LogP contribution in [-0.4, -0.2) is 9.91 Å². The molecule has 0 atom stereocenters. The maximum atomic E-state index is 12.5. The van der Waals surface area contributed by atoms with Crippen LogP contribution in [0.25, 0.3) is 27.8 Å². The monoisotopic (exact) mass is 458 g/mol. The van der Waals surface area contributed by atoms with Gasteiger partial charge in [-0.2, -0.15) is 5.26 Å². The second kappa shape index (κ2) is 9.06. The van der Waals surface area contributed by atoms with Gasteiger partial charge in [0, 0.05) is 34.8 Å². The van der Waals surface area contributed by atoms with Crippen molar-refractivity contribution in [2.45, 2.75) is 19.8 Å². The number of aromatic nitrogens is 1. The van der Waals surface area contributed by atoms with E-state index in [1.165, 1.54) is 35.6 Å². The second-order valence-corrected chi connectivity index (χ2v) is 8.38. The van der Waals surface area contributed by atoms with Crippen LogP contribution in [-0.2, 0) is 0 Å². The van der Waals surface area contributed by atoms with Crippen LogP contribution in [0.5, 0.6) is 0 Å². The van der Waals surface area contributed by atoms with Gasteiger partial charge < -0.3 is 9.73 Å². The standard InChI is InChI=1S/C24H18N4O4S/c1-14(2)18-5-3-4-6-20(18)26-12-16(11-25)23-27-21(13-33-23)19-10-15-9-17(28(30)31)7-8-22(15)32-24(19)29/h3-10,12-14,26H,1-2H3/b16-12+. The molecule has 164 valence electrons. The molecule has 4 rings (SSSR count). The summed E-state index contributed by atoms with van der Waals surface area (Å²) in [5, 5.41) is 26.4. The van der Waals surface area contributed by atoms with Crippen LogP contribution >= 0.6 is 11.3 Å². The highest BCUT2D eigenvalue weighted by atomic mass is 32.1. The Balaban J connectivity index is 1.68. The molecule has 2 aromatic carbocycles. The quantitative estimate of drug-likeness (QED) is 0.164. The number of nitrogens with one attached hydrogen (secondary N) is 1. The first-order valence-corrected chi connectivity index (χ1v) is 10.9. The molecule has 0 bridgehead atoms. The van der Waals surface area contributed by atoms with Gasteiger partial charge in [0.1, 0.15) is 22.2 Å². The predicted molar refractivity (Wildman–Crippen MR) is 128 cm³/mol. The van der Waals surface area contributed by atoms with Gasteiger partial charge in [-0.25, -0.2) is 9.78 Å². The second-order valence-electron chi connectivity index (χ2n) is 7.52. The SMILES string of the molecule is CC(C)c1ccccc1N/C=C(\C#N)c1nc(-c2cc3cc([N+](=O)[O-])ccc3oc2=O)cs1. The zero-order valence-corrected chi connectivity index (χ0v) is 18.6. The Morgan fingerprint density at radius 3 is 2.79 bits per heavy atom. The number of para-hydroxylation sites is 1. The van der Waals surface area contributed by atoms with Gasteiger partial charge in [0.05, 0.1) is 16.2 Å². The van der Waals surface area contributed by atoms with Crippen LogP contribution in [0.4, 0.5) is 11.4 Å². The molecular weight excluding hydrogens is 440 g/mol. The van der Waals surface area contributed by atoms with Crippen molar-refractivity contribution < 1.29 is 9.34 Å². The first kappa shape index (κ1) is 21.9. The molecule has 33 heavy (non-hydrogen) atoms. The van der Waals surface area contributed by atoms with Crippen molar-refractivity contribution in [3.8, 4) is 17.3 Å². The lowest BCUT2D eigenvalue weighted by Gasteiger charge is -2.12. The summed E-state index contributed by atoms with van der Waals surface area (Å²) in [6.07, 6.45) is 1.59. The Hall–Kier alpha value is -4.29. The van der Waals surface area contributed by atoms with E-state index in [1.54, 1.807) is 11.6 Å². The number of hydrogen-bond acceptors (Lipinski definition) is 8. The third-order valence-corrected chi connectivity index (χ3v) is 5.89. The third kappa shape index (κ3) is 4.51. The summed E-state index contributed by atoms with van der Waals surface area (Å²) in [5.41, 5.74) is 2.36. The predicted octanol–water partition coefficient (Wildman–Crippen LogP) is 5.92. The van der Waals surface area contributed by atoms with Crippen LogP contribution in [0.1, 0.15) is 30.3 Å². The number of hydrogen-bond donors (Lipinski definition) is 1. The molecule has 0 fully saturated rings. The van der Waals surface area contributed by atoms with Gasteiger partial charge in [0.15, 0.2) is 0 Å². The zero-order chi connectivity index (χ0) is 23.5. The molecule has 8 nitrogen and oxygen atoms in total. The number of nitrogens with zero attached hydrogens (tertiary/aromatic N) is 3. The topological polar surface area (TPSA) is 122 Å². The van der Waals surface area contributed by atoms with Crippen molar-refractivity contribution >= 4 is 39.3 Å². The fourth-order valence-electron chi connectivity index (χ4n) is 3.35. The van der Waals surface area contributed by atoms with Crippen molar-refractivity contribution in [1.29, 1.82) is 5.26 Å². The fraction of sp³-hybridized carbons (Fsp3) is 0.125.